The van der Waals surface area contributed by atoms with Gasteiger partial charge in [0.2, 0.25) is 5.91 Å². The van der Waals surface area contributed by atoms with E-state index < -0.39 is 0 Å². The van der Waals surface area contributed by atoms with Crippen LogP contribution in [0, 0.1) is 0 Å². The van der Waals surface area contributed by atoms with Crippen LogP contribution in [0.2, 0.25) is 0 Å². The van der Waals surface area contributed by atoms with Crippen molar-refractivity contribution in [3.8, 4) is 0 Å². The van der Waals surface area contributed by atoms with Crippen molar-refractivity contribution < 1.29 is 9.90 Å². The highest BCUT2D eigenvalue weighted by Gasteiger charge is 2.13. The van der Waals surface area contributed by atoms with Crippen LogP contribution in [-0.4, -0.2) is 28.6 Å². The Morgan fingerprint density at radius 3 is 3.00 bits per heavy atom. The van der Waals surface area contributed by atoms with Gasteiger partial charge in [0.05, 0.1) is 19.1 Å². The zero-order valence-corrected chi connectivity index (χ0v) is 12.3. The van der Waals surface area contributed by atoms with E-state index in [0.29, 0.717) is 6.42 Å². The van der Waals surface area contributed by atoms with Gasteiger partial charge in [-0.15, -0.1) is 0 Å². The highest BCUT2D eigenvalue weighted by molar-refractivity contribution is 9.10. The van der Waals surface area contributed by atoms with Gasteiger partial charge in [0, 0.05) is 21.6 Å². The number of carbonyl (C=O) groups is 1. The molecule has 0 aliphatic heterocycles. The molecule has 0 bridgehead atoms. The quantitative estimate of drug-likeness (QED) is 0.790. The number of halogens is 1. The predicted octanol–water partition coefficient (Wildman–Crippen LogP) is 2.36. The number of hydrogen-bond acceptors (Lipinski definition) is 2. The van der Waals surface area contributed by atoms with E-state index in [0.717, 1.165) is 27.4 Å². The predicted molar refractivity (Wildman–Crippen MR) is 79.0 cm³/mol. The lowest BCUT2D eigenvalue weighted by atomic mass is 10.1. The zero-order chi connectivity index (χ0) is 13.8. The van der Waals surface area contributed by atoms with Crippen LogP contribution in [-0.2, 0) is 11.2 Å². The summed E-state index contributed by atoms with van der Waals surface area (Å²) in [7, 11) is 0. The summed E-state index contributed by atoms with van der Waals surface area (Å²) in [5.74, 6) is -0.0717. The largest absolute Gasteiger partial charge is 0.394 e. The van der Waals surface area contributed by atoms with Crippen LogP contribution < -0.4 is 5.32 Å². The second kappa shape index (κ2) is 6.21. The first kappa shape index (κ1) is 14.1. The Morgan fingerprint density at radius 2 is 2.32 bits per heavy atom. The summed E-state index contributed by atoms with van der Waals surface area (Å²) in [5, 5.41) is 12.9. The highest BCUT2D eigenvalue weighted by Crippen LogP contribution is 2.27. The molecule has 1 amide bonds. The van der Waals surface area contributed by atoms with Crippen LogP contribution in [0.15, 0.2) is 28.9 Å². The SMILES string of the molecule is CCC(CO)NC(=O)Cc1c[nH]c2cccc(Br)c12. The van der Waals surface area contributed by atoms with E-state index >= 15 is 0 Å². The molecule has 2 aromatic rings. The first-order chi connectivity index (χ1) is 9.15. The van der Waals surface area contributed by atoms with Gasteiger partial charge in [0.1, 0.15) is 0 Å². The minimum absolute atomic E-state index is 0.0280. The third-order valence-corrected chi connectivity index (χ3v) is 3.83. The van der Waals surface area contributed by atoms with E-state index in [1.54, 1.807) is 0 Å². The monoisotopic (exact) mass is 324 g/mol. The van der Waals surface area contributed by atoms with Gasteiger partial charge in [-0.1, -0.05) is 28.9 Å². The summed E-state index contributed by atoms with van der Waals surface area (Å²) in [6.07, 6.45) is 2.88. The summed E-state index contributed by atoms with van der Waals surface area (Å²) in [4.78, 5) is 15.1. The van der Waals surface area contributed by atoms with Gasteiger partial charge in [-0.05, 0) is 24.1 Å². The molecule has 1 heterocycles. The van der Waals surface area contributed by atoms with Crippen molar-refractivity contribution in [3.05, 3.63) is 34.4 Å². The summed E-state index contributed by atoms with van der Waals surface area (Å²) in [6.45, 7) is 1.91. The first-order valence-corrected chi connectivity index (χ1v) is 7.09. The van der Waals surface area contributed by atoms with Crippen LogP contribution in [0.5, 0.6) is 0 Å². The van der Waals surface area contributed by atoms with Crippen LogP contribution in [0.4, 0.5) is 0 Å². The number of carbonyl (C=O) groups excluding carboxylic acids is 1. The molecule has 1 aromatic carbocycles. The maximum absolute atomic E-state index is 11.9. The molecule has 0 aliphatic carbocycles. The van der Waals surface area contributed by atoms with Gasteiger partial charge in [-0.2, -0.15) is 0 Å². The molecule has 19 heavy (non-hydrogen) atoms. The van der Waals surface area contributed by atoms with E-state index in [4.69, 9.17) is 5.11 Å². The first-order valence-electron chi connectivity index (χ1n) is 6.30. The van der Waals surface area contributed by atoms with E-state index in [2.05, 4.69) is 26.2 Å². The van der Waals surface area contributed by atoms with Crippen molar-refractivity contribution in [2.45, 2.75) is 25.8 Å². The number of amides is 1. The van der Waals surface area contributed by atoms with Crippen LogP contribution in [0.3, 0.4) is 0 Å². The molecule has 0 radical (unpaired) electrons. The van der Waals surface area contributed by atoms with Gasteiger partial charge >= 0.3 is 0 Å². The van der Waals surface area contributed by atoms with Crippen molar-refractivity contribution in [1.29, 1.82) is 0 Å². The van der Waals surface area contributed by atoms with Gasteiger partial charge in [-0.25, -0.2) is 0 Å². The number of aromatic amines is 1. The van der Waals surface area contributed by atoms with Gasteiger partial charge in [0.15, 0.2) is 0 Å². The fraction of sp³-hybridized carbons (Fsp3) is 0.357. The molecule has 1 unspecified atom stereocenters. The maximum Gasteiger partial charge on any atom is 0.224 e. The Balaban J connectivity index is 2.15. The third-order valence-electron chi connectivity index (χ3n) is 3.17. The Bertz CT molecular complexity index is 576. The lowest BCUT2D eigenvalue weighted by Gasteiger charge is -2.13. The number of rotatable bonds is 5. The second-order valence-corrected chi connectivity index (χ2v) is 5.36. The minimum atomic E-state index is -0.166. The molecule has 0 spiro atoms. The number of aromatic nitrogens is 1. The third kappa shape index (κ3) is 3.16. The van der Waals surface area contributed by atoms with Crippen LogP contribution >= 0.6 is 15.9 Å². The molecule has 102 valence electrons. The standard InChI is InChI=1S/C14H17BrN2O2/c1-2-10(8-18)17-13(19)6-9-7-16-12-5-3-4-11(15)14(9)12/h3-5,7,10,16,18H,2,6,8H2,1H3,(H,17,19). The van der Waals surface area contributed by atoms with Crippen molar-refractivity contribution >= 4 is 32.7 Å². The molecule has 0 saturated carbocycles. The Kier molecular flexibility index (Phi) is 4.61. The molecular formula is C14H17BrN2O2. The molecular weight excluding hydrogens is 308 g/mol. The van der Waals surface area contributed by atoms with Gasteiger partial charge in [0.25, 0.3) is 0 Å². The molecule has 0 fully saturated rings. The summed E-state index contributed by atoms with van der Waals surface area (Å²) < 4.78 is 0.975. The molecule has 2 rings (SSSR count). The summed E-state index contributed by atoms with van der Waals surface area (Å²) in [5.41, 5.74) is 1.96. The van der Waals surface area contributed by atoms with Crippen molar-refractivity contribution in [2.75, 3.05) is 6.61 Å². The molecule has 5 heteroatoms. The van der Waals surface area contributed by atoms with Gasteiger partial charge in [-0.3, -0.25) is 4.79 Å². The Morgan fingerprint density at radius 1 is 1.53 bits per heavy atom. The van der Waals surface area contributed by atoms with Crippen molar-refractivity contribution in [2.24, 2.45) is 0 Å². The molecule has 0 aliphatic rings. The van der Waals surface area contributed by atoms with Crippen LogP contribution in [0.1, 0.15) is 18.9 Å². The Labute approximate surface area is 120 Å². The minimum Gasteiger partial charge on any atom is -0.394 e. The number of aliphatic hydroxyl groups is 1. The lowest BCUT2D eigenvalue weighted by Crippen LogP contribution is -2.37. The number of benzene rings is 1. The average Bonchev–Trinajstić information content (AvgIpc) is 2.80. The smallest absolute Gasteiger partial charge is 0.224 e. The van der Waals surface area contributed by atoms with Crippen molar-refractivity contribution in [3.63, 3.8) is 0 Å². The topological polar surface area (TPSA) is 65.1 Å². The number of aliphatic hydroxyl groups excluding tert-OH is 1. The maximum atomic E-state index is 11.9. The van der Waals surface area contributed by atoms with E-state index in [1.165, 1.54) is 0 Å². The van der Waals surface area contributed by atoms with E-state index in [-0.39, 0.29) is 18.6 Å². The number of H-pyrrole nitrogens is 1. The highest BCUT2D eigenvalue weighted by atomic mass is 79.9. The van der Waals surface area contributed by atoms with E-state index in [9.17, 15) is 4.79 Å². The van der Waals surface area contributed by atoms with Gasteiger partial charge < -0.3 is 15.4 Å². The van der Waals surface area contributed by atoms with E-state index in [1.807, 2.05) is 31.3 Å². The molecule has 3 N–H and O–H groups in total. The Hall–Kier alpha value is -1.33. The molecule has 4 nitrogen and oxygen atoms in total. The number of hydrogen-bond donors (Lipinski definition) is 3. The normalized spacial score (nSPS) is 12.6. The zero-order valence-electron chi connectivity index (χ0n) is 10.7. The number of fused-ring (bicyclic) bond motifs is 1. The average molecular weight is 325 g/mol. The fourth-order valence-corrected chi connectivity index (χ4v) is 2.70. The number of nitrogens with one attached hydrogen (secondary N) is 2. The van der Waals surface area contributed by atoms with Crippen molar-refractivity contribution in [1.82, 2.24) is 10.3 Å². The summed E-state index contributed by atoms with van der Waals surface area (Å²) >= 11 is 3.50. The lowest BCUT2D eigenvalue weighted by molar-refractivity contribution is -0.121. The molecule has 0 saturated heterocycles. The summed E-state index contributed by atoms with van der Waals surface area (Å²) in [6, 6.07) is 5.72. The molecule has 1 atom stereocenters. The second-order valence-electron chi connectivity index (χ2n) is 4.51. The van der Waals surface area contributed by atoms with Crippen LogP contribution in [0.25, 0.3) is 10.9 Å². The fourth-order valence-electron chi connectivity index (χ4n) is 2.08. The molecule has 1 aromatic heterocycles.